The van der Waals surface area contributed by atoms with E-state index in [0.717, 1.165) is 0 Å². The standard InChI is InChI=1S/C14H15BrFNO3/c1-20-14(19)9-4-6-17(7-5-9)13(18)10-2-3-12(16)11(15)8-10/h2-3,8-9H,4-7H2,1H3. The normalized spacial score (nSPS) is 16.1. The Labute approximate surface area is 125 Å². The Morgan fingerprint density at radius 1 is 1.35 bits per heavy atom. The molecule has 1 heterocycles. The molecule has 2 rings (SSSR count). The van der Waals surface area contributed by atoms with Crippen LogP contribution in [0.3, 0.4) is 0 Å². The monoisotopic (exact) mass is 343 g/mol. The molecule has 1 aliphatic rings. The van der Waals surface area contributed by atoms with Gasteiger partial charge in [0.25, 0.3) is 5.91 Å². The van der Waals surface area contributed by atoms with Crippen LogP contribution in [0.25, 0.3) is 0 Å². The van der Waals surface area contributed by atoms with Gasteiger partial charge in [-0.2, -0.15) is 0 Å². The molecular formula is C14H15BrFNO3. The summed E-state index contributed by atoms with van der Waals surface area (Å²) in [4.78, 5) is 25.4. The Morgan fingerprint density at radius 2 is 2.00 bits per heavy atom. The minimum atomic E-state index is -0.397. The Bertz CT molecular complexity index is 527. The number of esters is 1. The molecule has 0 bridgehead atoms. The number of hydrogen-bond donors (Lipinski definition) is 0. The molecule has 0 aliphatic carbocycles. The van der Waals surface area contributed by atoms with Crippen LogP contribution in [0.5, 0.6) is 0 Å². The lowest BCUT2D eigenvalue weighted by molar-refractivity contribution is -0.146. The largest absolute Gasteiger partial charge is 0.469 e. The summed E-state index contributed by atoms with van der Waals surface area (Å²) in [7, 11) is 1.37. The maximum atomic E-state index is 13.2. The molecule has 1 aliphatic heterocycles. The Morgan fingerprint density at radius 3 is 2.55 bits per heavy atom. The van der Waals surface area contributed by atoms with Gasteiger partial charge < -0.3 is 9.64 Å². The molecule has 20 heavy (non-hydrogen) atoms. The smallest absolute Gasteiger partial charge is 0.308 e. The summed E-state index contributed by atoms with van der Waals surface area (Å²) in [6.45, 7) is 1.02. The van der Waals surface area contributed by atoms with Crippen molar-refractivity contribution >= 4 is 27.8 Å². The van der Waals surface area contributed by atoms with Crippen LogP contribution >= 0.6 is 15.9 Å². The number of nitrogens with zero attached hydrogens (tertiary/aromatic N) is 1. The van der Waals surface area contributed by atoms with E-state index in [4.69, 9.17) is 4.74 Å². The van der Waals surface area contributed by atoms with Crippen LogP contribution in [-0.4, -0.2) is 37.0 Å². The van der Waals surface area contributed by atoms with Crippen molar-refractivity contribution in [2.75, 3.05) is 20.2 Å². The highest BCUT2D eigenvalue weighted by atomic mass is 79.9. The molecule has 1 amide bonds. The van der Waals surface area contributed by atoms with E-state index in [1.54, 1.807) is 4.90 Å². The van der Waals surface area contributed by atoms with Crippen LogP contribution in [0.1, 0.15) is 23.2 Å². The fourth-order valence-electron chi connectivity index (χ4n) is 2.30. The van der Waals surface area contributed by atoms with E-state index >= 15 is 0 Å². The van der Waals surface area contributed by atoms with Gasteiger partial charge in [0.1, 0.15) is 5.82 Å². The predicted molar refractivity (Wildman–Crippen MR) is 74.7 cm³/mol. The van der Waals surface area contributed by atoms with E-state index in [2.05, 4.69) is 15.9 Å². The van der Waals surface area contributed by atoms with Gasteiger partial charge in [-0.05, 0) is 47.0 Å². The summed E-state index contributed by atoms with van der Waals surface area (Å²) in [6, 6.07) is 4.21. The van der Waals surface area contributed by atoms with Crippen LogP contribution in [-0.2, 0) is 9.53 Å². The third-order valence-electron chi connectivity index (χ3n) is 3.48. The maximum absolute atomic E-state index is 13.2. The fourth-order valence-corrected chi connectivity index (χ4v) is 2.68. The summed E-state index contributed by atoms with van der Waals surface area (Å²) < 4.78 is 18.1. The Hall–Kier alpha value is -1.43. The lowest BCUT2D eigenvalue weighted by Gasteiger charge is -2.30. The molecule has 108 valence electrons. The molecule has 1 fully saturated rings. The molecule has 0 atom stereocenters. The van der Waals surface area contributed by atoms with E-state index in [0.29, 0.717) is 31.5 Å². The van der Waals surface area contributed by atoms with Gasteiger partial charge in [-0.1, -0.05) is 0 Å². The molecule has 1 aromatic carbocycles. The van der Waals surface area contributed by atoms with Crippen molar-refractivity contribution in [3.63, 3.8) is 0 Å². The molecule has 4 nitrogen and oxygen atoms in total. The first-order valence-electron chi connectivity index (χ1n) is 6.35. The Kier molecular flexibility index (Phi) is 4.75. The second-order valence-electron chi connectivity index (χ2n) is 4.72. The van der Waals surface area contributed by atoms with Crippen molar-refractivity contribution in [2.45, 2.75) is 12.8 Å². The van der Waals surface area contributed by atoms with Crippen molar-refractivity contribution in [1.82, 2.24) is 4.90 Å². The predicted octanol–water partition coefficient (Wildman–Crippen LogP) is 2.61. The average molecular weight is 344 g/mol. The third-order valence-corrected chi connectivity index (χ3v) is 4.09. The van der Waals surface area contributed by atoms with E-state index in [1.807, 2.05) is 0 Å². The summed E-state index contributed by atoms with van der Waals surface area (Å²) in [5, 5.41) is 0. The topological polar surface area (TPSA) is 46.6 Å². The van der Waals surface area contributed by atoms with E-state index < -0.39 is 5.82 Å². The quantitative estimate of drug-likeness (QED) is 0.775. The van der Waals surface area contributed by atoms with Crippen LogP contribution in [0, 0.1) is 11.7 Å². The van der Waals surface area contributed by atoms with Crippen LogP contribution in [0.15, 0.2) is 22.7 Å². The average Bonchev–Trinajstić information content (AvgIpc) is 2.48. The summed E-state index contributed by atoms with van der Waals surface area (Å²) in [5.41, 5.74) is 0.440. The molecule has 1 aromatic rings. The minimum absolute atomic E-state index is 0.135. The number of methoxy groups -OCH3 is 1. The van der Waals surface area contributed by atoms with Crippen molar-refractivity contribution in [1.29, 1.82) is 0 Å². The number of halogens is 2. The molecule has 6 heteroatoms. The number of likely N-dealkylation sites (tertiary alicyclic amines) is 1. The van der Waals surface area contributed by atoms with Crippen molar-refractivity contribution < 1.29 is 18.7 Å². The molecule has 1 saturated heterocycles. The van der Waals surface area contributed by atoms with E-state index in [-0.39, 0.29) is 22.3 Å². The number of carbonyl (C=O) groups is 2. The lowest BCUT2D eigenvalue weighted by atomic mass is 9.96. The van der Waals surface area contributed by atoms with Gasteiger partial charge in [0.05, 0.1) is 17.5 Å². The van der Waals surface area contributed by atoms with Gasteiger partial charge in [-0.3, -0.25) is 9.59 Å². The number of carbonyl (C=O) groups excluding carboxylic acids is 2. The van der Waals surface area contributed by atoms with Crippen molar-refractivity contribution in [3.8, 4) is 0 Å². The minimum Gasteiger partial charge on any atom is -0.469 e. The summed E-state index contributed by atoms with van der Waals surface area (Å²) >= 11 is 3.07. The number of piperidine rings is 1. The second-order valence-corrected chi connectivity index (χ2v) is 5.57. The molecule has 0 saturated carbocycles. The second kappa shape index (κ2) is 6.35. The van der Waals surface area contributed by atoms with Crippen molar-refractivity contribution in [3.05, 3.63) is 34.1 Å². The number of hydrogen-bond acceptors (Lipinski definition) is 3. The van der Waals surface area contributed by atoms with E-state index in [9.17, 15) is 14.0 Å². The summed E-state index contributed by atoms with van der Waals surface area (Å²) in [6.07, 6.45) is 1.20. The van der Waals surface area contributed by atoms with Crippen LogP contribution < -0.4 is 0 Å². The molecule has 0 unspecified atom stereocenters. The molecule has 0 spiro atoms. The van der Waals surface area contributed by atoms with Crippen molar-refractivity contribution in [2.24, 2.45) is 5.92 Å². The highest BCUT2D eigenvalue weighted by Crippen LogP contribution is 2.22. The lowest BCUT2D eigenvalue weighted by Crippen LogP contribution is -2.40. The zero-order chi connectivity index (χ0) is 14.7. The summed E-state index contributed by atoms with van der Waals surface area (Å²) in [5.74, 6) is -0.898. The van der Waals surface area contributed by atoms with Crippen LogP contribution in [0.4, 0.5) is 4.39 Å². The Balaban J connectivity index is 2.01. The van der Waals surface area contributed by atoms with Gasteiger partial charge in [0.2, 0.25) is 0 Å². The first-order chi connectivity index (χ1) is 9.52. The SMILES string of the molecule is COC(=O)C1CCN(C(=O)c2ccc(F)c(Br)c2)CC1. The number of benzene rings is 1. The molecular weight excluding hydrogens is 329 g/mol. The first-order valence-corrected chi connectivity index (χ1v) is 7.14. The fraction of sp³-hybridized carbons (Fsp3) is 0.429. The van der Waals surface area contributed by atoms with Gasteiger partial charge in [-0.25, -0.2) is 4.39 Å². The molecule has 0 aromatic heterocycles. The first kappa shape index (κ1) is 15.0. The zero-order valence-electron chi connectivity index (χ0n) is 11.1. The highest BCUT2D eigenvalue weighted by Gasteiger charge is 2.28. The number of ether oxygens (including phenoxy) is 1. The molecule has 0 N–H and O–H groups in total. The van der Waals surface area contributed by atoms with Crippen LogP contribution in [0.2, 0.25) is 0 Å². The van der Waals surface area contributed by atoms with Gasteiger partial charge >= 0.3 is 5.97 Å². The van der Waals surface area contributed by atoms with Gasteiger partial charge in [0.15, 0.2) is 0 Å². The highest BCUT2D eigenvalue weighted by molar-refractivity contribution is 9.10. The zero-order valence-corrected chi connectivity index (χ0v) is 12.7. The van der Waals surface area contributed by atoms with E-state index in [1.165, 1.54) is 25.3 Å². The van der Waals surface area contributed by atoms with Gasteiger partial charge in [0, 0.05) is 18.7 Å². The third kappa shape index (κ3) is 3.17. The molecule has 0 radical (unpaired) electrons. The number of amides is 1. The maximum Gasteiger partial charge on any atom is 0.308 e. The number of rotatable bonds is 2. The van der Waals surface area contributed by atoms with Gasteiger partial charge in [-0.15, -0.1) is 0 Å².